The van der Waals surface area contributed by atoms with E-state index in [0.717, 1.165) is 32.0 Å². The minimum absolute atomic E-state index is 0.200. The van der Waals surface area contributed by atoms with E-state index in [1.807, 2.05) is 0 Å². The van der Waals surface area contributed by atoms with Gasteiger partial charge in [0.25, 0.3) is 0 Å². The summed E-state index contributed by atoms with van der Waals surface area (Å²) in [5.74, 6) is -0.0205. The van der Waals surface area contributed by atoms with Crippen LogP contribution in [0.3, 0.4) is 0 Å². The standard InChI is InChI=1S/C11H21NO2/c1-9-3-6-12(7-4-9)8-5-10(2)11(13)14/h9-10H,3-8H2,1-2H3,(H,13,14). The number of carboxylic acids is 1. The highest BCUT2D eigenvalue weighted by molar-refractivity contribution is 5.69. The highest BCUT2D eigenvalue weighted by Gasteiger charge is 2.17. The molecule has 1 aliphatic heterocycles. The van der Waals surface area contributed by atoms with Crippen LogP contribution in [-0.4, -0.2) is 35.6 Å². The van der Waals surface area contributed by atoms with Gasteiger partial charge in [-0.2, -0.15) is 0 Å². The predicted octanol–water partition coefficient (Wildman–Crippen LogP) is 1.83. The average molecular weight is 199 g/mol. The number of aliphatic carboxylic acids is 1. The van der Waals surface area contributed by atoms with Crippen molar-refractivity contribution in [3.8, 4) is 0 Å². The lowest BCUT2D eigenvalue weighted by Gasteiger charge is -2.30. The van der Waals surface area contributed by atoms with Crippen LogP contribution >= 0.6 is 0 Å². The summed E-state index contributed by atoms with van der Waals surface area (Å²) >= 11 is 0. The summed E-state index contributed by atoms with van der Waals surface area (Å²) in [7, 11) is 0. The first-order chi connectivity index (χ1) is 6.59. The first kappa shape index (κ1) is 11.5. The number of rotatable bonds is 4. The van der Waals surface area contributed by atoms with E-state index in [4.69, 9.17) is 5.11 Å². The van der Waals surface area contributed by atoms with Crippen LogP contribution in [0, 0.1) is 11.8 Å². The van der Waals surface area contributed by atoms with Crippen molar-refractivity contribution in [1.29, 1.82) is 0 Å². The second kappa shape index (κ2) is 5.35. The Labute approximate surface area is 86.1 Å². The summed E-state index contributed by atoms with van der Waals surface area (Å²) in [6.07, 6.45) is 3.31. The van der Waals surface area contributed by atoms with Crippen LogP contribution in [0.5, 0.6) is 0 Å². The molecule has 0 amide bonds. The minimum atomic E-state index is -0.671. The Hall–Kier alpha value is -0.570. The molecular weight excluding hydrogens is 178 g/mol. The van der Waals surface area contributed by atoms with Gasteiger partial charge in [0.05, 0.1) is 5.92 Å². The molecule has 1 aliphatic rings. The molecule has 1 rings (SSSR count). The number of carbonyl (C=O) groups is 1. The van der Waals surface area contributed by atoms with Gasteiger partial charge in [-0.15, -0.1) is 0 Å². The minimum Gasteiger partial charge on any atom is -0.481 e. The van der Waals surface area contributed by atoms with E-state index in [0.29, 0.717) is 0 Å². The Morgan fingerprint density at radius 3 is 2.57 bits per heavy atom. The third-order valence-corrected chi connectivity index (χ3v) is 3.18. The van der Waals surface area contributed by atoms with Crippen LogP contribution in [0.25, 0.3) is 0 Å². The maximum Gasteiger partial charge on any atom is 0.306 e. The van der Waals surface area contributed by atoms with Gasteiger partial charge in [0, 0.05) is 0 Å². The average Bonchev–Trinajstić information content (AvgIpc) is 2.16. The van der Waals surface area contributed by atoms with Crippen LogP contribution in [0.15, 0.2) is 0 Å². The van der Waals surface area contributed by atoms with Crippen molar-refractivity contribution < 1.29 is 9.90 Å². The smallest absolute Gasteiger partial charge is 0.306 e. The molecular formula is C11H21NO2. The van der Waals surface area contributed by atoms with E-state index >= 15 is 0 Å². The van der Waals surface area contributed by atoms with E-state index in [1.165, 1.54) is 12.8 Å². The van der Waals surface area contributed by atoms with Crippen molar-refractivity contribution >= 4 is 5.97 Å². The van der Waals surface area contributed by atoms with Crippen LogP contribution in [0.4, 0.5) is 0 Å². The third-order valence-electron chi connectivity index (χ3n) is 3.18. The lowest BCUT2D eigenvalue weighted by Crippen LogP contribution is -2.34. The summed E-state index contributed by atoms with van der Waals surface area (Å²) in [6.45, 7) is 7.31. The first-order valence-electron chi connectivity index (χ1n) is 5.54. The Morgan fingerprint density at radius 2 is 2.07 bits per heavy atom. The molecule has 1 fully saturated rings. The Kier molecular flexibility index (Phi) is 4.39. The molecule has 1 heterocycles. The molecule has 1 N–H and O–H groups in total. The fraction of sp³-hybridized carbons (Fsp3) is 0.909. The molecule has 0 bridgehead atoms. The number of hydrogen-bond acceptors (Lipinski definition) is 2. The summed E-state index contributed by atoms with van der Waals surface area (Å²) < 4.78 is 0. The van der Waals surface area contributed by atoms with E-state index in [1.54, 1.807) is 6.92 Å². The lowest BCUT2D eigenvalue weighted by molar-refractivity contribution is -0.141. The molecule has 1 atom stereocenters. The van der Waals surface area contributed by atoms with Gasteiger partial charge in [0.2, 0.25) is 0 Å². The first-order valence-corrected chi connectivity index (χ1v) is 5.54. The Balaban J connectivity index is 2.16. The zero-order valence-electron chi connectivity index (χ0n) is 9.20. The molecule has 3 heteroatoms. The fourth-order valence-corrected chi connectivity index (χ4v) is 1.79. The lowest BCUT2D eigenvalue weighted by atomic mass is 9.98. The number of likely N-dealkylation sites (tertiary alicyclic amines) is 1. The second-order valence-electron chi connectivity index (χ2n) is 4.55. The largest absolute Gasteiger partial charge is 0.481 e. The Morgan fingerprint density at radius 1 is 1.50 bits per heavy atom. The molecule has 3 nitrogen and oxygen atoms in total. The molecule has 0 spiro atoms. The van der Waals surface area contributed by atoms with Crippen molar-refractivity contribution in [2.45, 2.75) is 33.1 Å². The van der Waals surface area contributed by atoms with Crippen molar-refractivity contribution in [2.24, 2.45) is 11.8 Å². The van der Waals surface area contributed by atoms with E-state index < -0.39 is 5.97 Å². The molecule has 1 saturated heterocycles. The SMILES string of the molecule is CC1CCN(CCC(C)C(=O)O)CC1. The van der Waals surface area contributed by atoms with Crippen LogP contribution in [0.1, 0.15) is 33.1 Å². The van der Waals surface area contributed by atoms with Crippen molar-refractivity contribution in [1.82, 2.24) is 4.90 Å². The van der Waals surface area contributed by atoms with Gasteiger partial charge >= 0.3 is 5.97 Å². The normalized spacial score (nSPS) is 22.1. The topological polar surface area (TPSA) is 40.5 Å². The highest BCUT2D eigenvalue weighted by Crippen LogP contribution is 2.16. The summed E-state index contributed by atoms with van der Waals surface area (Å²) in [5, 5.41) is 8.74. The molecule has 0 aromatic carbocycles. The highest BCUT2D eigenvalue weighted by atomic mass is 16.4. The molecule has 1 unspecified atom stereocenters. The summed E-state index contributed by atoms with van der Waals surface area (Å²) in [5.41, 5.74) is 0. The molecule has 0 radical (unpaired) electrons. The molecule has 82 valence electrons. The molecule has 14 heavy (non-hydrogen) atoms. The fourth-order valence-electron chi connectivity index (χ4n) is 1.79. The Bertz CT molecular complexity index is 186. The maximum absolute atomic E-state index is 10.6. The van der Waals surface area contributed by atoms with E-state index in [9.17, 15) is 4.79 Å². The molecule has 0 aromatic rings. The van der Waals surface area contributed by atoms with Gasteiger partial charge in [-0.25, -0.2) is 0 Å². The van der Waals surface area contributed by atoms with Gasteiger partial charge in [-0.1, -0.05) is 13.8 Å². The van der Waals surface area contributed by atoms with E-state index in [2.05, 4.69) is 11.8 Å². The molecule has 0 aliphatic carbocycles. The van der Waals surface area contributed by atoms with Gasteiger partial charge in [0.15, 0.2) is 0 Å². The number of nitrogens with zero attached hydrogens (tertiary/aromatic N) is 1. The summed E-state index contributed by atoms with van der Waals surface area (Å²) in [4.78, 5) is 13.0. The van der Waals surface area contributed by atoms with E-state index in [-0.39, 0.29) is 5.92 Å². The summed E-state index contributed by atoms with van der Waals surface area (Å²) in [6, 6.07) is 0. The second-order valence-corrected chi connectivity index (χ2v) is 4.55. The molecule has 0 aromatic heterocycles. The number of carboxylic acid groups (broad SMARTS) is 1. The van der Waals surface area contributed by atoms with Crippen LogP contribution < -0.4 is 0 Å². The zero-order valence-corrected chi connectivity index (χ0v) is 9.20. The van der Waals surface area contributed by atoms with Crippen LogP contribution in [0.2, 0.25) is 0 Å². The maximum atomic E-state index is 10.6. The monoisotopic (exact) mass is 199 g/mol. The predicted molar refractivity (Wildman–Crippen MR) is 56.3 cm³/mol. The number of hydrogen-bond donors (Lipinski definition) is 1. The van der Waals surface area contributed by atoms with Gasteiger partial charge < -0.3 is 10.0 Å². The van der Waals surface area contributed by atoms with Gasteiger partial charge in [0.1, 0.15) is 0 Å². The van der Waals surface area contributed by atoms with Crippen molar-refractivity contribution in [3.63, 3.8) is 0 Å². The van der Waals surface area contributed by atoms with Gasteiger partial charge in [-0.05, 0) is 44.8 Å². The quantitative estimate of drug-likeness (QED) is 0.751. The third kappa shape index (κ3) is 3.66. The van der Waals surface area contributed by atoms with Crippen molar-refractivity contribution in [2.75, 3.05) is 19.6 Å². The zero-order chi connectivity index (χ0) is 10.6. The van der Waals surface area contributed by atoms with Crippen LogP contribution in [-0.2, 0) is 4.79 Å². The van der Waals surface area contributed by atoms with Crippen molar-refractivity contribution in [3.05, 3.63) is 0 Å². The molecule has 0 saturated carbocycles. The number of piperidine rings is 1. The van der Waals surface area contributed by atoms with Gasteiger partial charge in [-0.3, -0.25) is 4.79 Å².